The molecule has 0 aliphatic heterocycles. The van der Waals surface area contributed by atoms with E-state index in [-0.39, 0.29) is 5.91 Å². The highest BCUT2D eigenvalue weighted by Gasteiger charge is 2.06. The fraction of sp³-hybridized carbons (Fsp3) is 0.200. The van der Waals surface area contributed by atoms with Gasteiger partial charge in [-0.1, -0.05) is 62.0 Å². The van der Waals surface area contributed by atoms with E-state index in [1.54, 1.807) is 0 Å². The van der Waals surface area contributed by atoms with Gasteiger partial charge in [-0.3, -0.25) is 4.79 Å². The maximum atomic E-state index is 12.1. The van der Waals surface area contributed by atoms with Crippen molar-refractivity contribution in [3.8, 4) is 0 Å². The van der Waals surface area contributed by atoms with Gasteiger partial charge in [0.2, 0.25) is 5.91 Å². The largest absolute Gasteiger partial charge is 0.325 e. The van der Waals surface area contributed by atoms with Crippen LogP contribution in [0.1, 0.15) is 25.3 Å². The molecule has 1 N–H and O–H groups in total. The number of amides is 1. The summed E-state index contributed by atoms with van der Waals surface area (Å²) in [5.74, 6) is 0.814. The highest BCUT2D eigenvalue weighted by Crippen LogP contribution is 2.21. The van der Waals surface area contributed by atoms with E-state index in [0.29, 0.717) is 11.7 Å². The fourth-order valence-corrected chi connectivity index (χ4v) is 3.09. The number of benzene rings is 2. The Bertz CT molecular complexity index is 844. The molecule has 1 heterocycles. The second-order valence-corrected chi connectivity index (χ2v) is 6.95. The van der Waals surface area contributed by atoms with Gasteiger partial charge in [0.05, 0.1) is 16.3 Å². The molecule has 2 aromatic carbocycles. The molecule has 0 saturated carbocycles. The van der Waals surface area contributed by atoms with Crippen LogP contribution in [0.5, 0.6) is 0 Å². The molecule has 0 aliphatic carbocycles. The van der Waals surface area contributed by atoms with Gasteiger partial charge in [-0.25, -0.2) is 4.98 Å². The maximum Gasteiger partial charge on any atom is 0.234 e. The molecule has 3 nitrogen and oxygen atoms in total. The topological polar surface area (TPSA) is 42.0 Å². The van der Waals surface area contributed by atoms with E-state index in [9.17, 15) is 4.79 Å². The van der Waals surface area contributed by atoms with Crippen LogP contribution in [0.2, 0.25) is 0 Å². The lowest BCUT2D eigenvalue weighted by Gasteiger charge is -2.08. The number of aromatic nitrogens is 1. The quantitative estimate of drug-likeness (QED) is 0.660. The minimum Gasteiger partial charge on any atom is -0.325 e. The summed E-state index contributed by atoms with van der Waals surface area (Å²) in [5, 5.41) is 4.90. The molecular formula is C20H20N2OS. The smallest absolute Gasteiger partial charge is 0.234 e. The first-order chi connectivity index (χ1) is 11.6. The third-order valence-electron chi connectivity index (χ3n) is 3.79. The number of rotatable bonds is 5. The Labute approximate surface area is 146 Å². The summed E-state index contributed by atoms with van der Waals surface area (Å²) in [7, 11) is 0. The summed E-state index contributed by atoms with van der Waals surface area (Å²) in [6, 6.07) is 20.0. The molecule has 3 aromatic rings. The number of carbonyl (C=O) groups is 1. The van der Waals surface area contributed by atoms with Gasteiger partial charge in [-0.15, -0.1) is 0 Å². The summed E-state index contributed by atoms with van der Waals surface area (Å²) in [6.07, 6.45) is 0. The average molecular weight is 336 g/mol. The van der Waals surface area contributed by atoms with Crippen LogP contribution in [0.25, 0.3) is 10.9 Å². The lowest BCUT2D eigenvalue weighted by Crippen LogP contribution is -2.14. The van der Waals surface area contributed by atoms with Crippen LogP contribution in [-0.2, 0) is 4.79 Å². The zero-order valence-corrected chi connectivity index (χ0v) is 14.6. The fourth-order valence-electron chi connectivity index (χ4n) is 2.42. The molecule has 0 spiro atoms. The number of hydrogen-bond donors (Lipinski definition) is 1. The predicted molar refractivity (Wildman–Crippen MR) is 102 cm³/mol. The van der Waals surface area contributed by atoms with Gasteiger partial charge in [0.25, 0.3) is 0 Å². The van der Waals surface area contributed by atoms with Gasteiger partial charge < -0.3 is 5.32 Å². The Morgan fingerprint density at radius 3 is 2.54 bits per heavy atom. The number of nitrogens with one attached hydrogen (secondary N) is 1. The molecule has 0 fully saturated rings. The minimum atomic E-state index is -0.0211. The SMILES string of the molecule is CC(C)c1ccc(NC(=O)CSc2ccc3ccccc3n2)cc1. The molecule has 3 rings (SSSR count). The van der Waals surface area contributed by atoms with Gasteiger partial charge in [0.15, 0.2) is 0 Å². The number of thioether (sulfide) groups is 1. The van der Waals surface area contributed by atoms with E-state index in [4.69, 9.17) is 0 Å². The summed E-state index contributed by atoms with van der Waals surface area (Å²) in [6.45, 7) is 4.31. The van der Waals surface area contributed by atoms with E-state index < -0.39 is 0 Å². The van der Waals surface area contributed by atoms with Crippen molar-refractivity contribution >= 4 is 34.3 Å². The Balaban J connectivity index is 1.58. The number of pyridine rings is 1. The molecule has 0 bridgehead atoms. The summed E-state index contributed by atoms with van der Waals surface area (Å²) in [4.78, 5) is 16.7. The molecule has 24 heavy (non-hydrogen) atoms. The molecule has 0 saturated heterocycles. The molecule has 0 atom stereocenters. The minimum absolute atomic E-state index is 0.0211. The summed E-state index contributed by atoms with van der Waals surface area (Å²) >= 11 is 1.45. The summed E-state index contributed by atoms with van der Waals surface area (Å²) in [5.41, 5.74) is 3.05. The van der Waals surface area contributed by atoms with Gasteiger partial charge in [0, 0.05) is 11.1 Å². The zero-order chi connectivity index (χ0) is 16.9. The molecule has 0 aliphatic rings. The zero-order valence-electron chi connectivity index (χ0n) is 13.8. The highest BCUT2D eigenvalue weighted by molar-refractivity contribution is 7.99. The third-order valence-corrected chi connectivity index (χ3v) is 4.71. The molecule has 122 valence electrons. The number of fused-ring (bicyclic) bond motifs is 1. The van der Waals surface area contributed by atoms with Crippen molar-refractivity contribution in [1.29, 1.82) is 0 Å². The van der Waals surface area contributed by atoms with Crippen molar-refractivity contribution in [2.45, 2.75) is 24.8 Å². The third kappa shape index (κ3) is 4.15. The monoisotopic (exact) mass is 336 g/mol. The molecule has 1 aromatic heterocycles. The average Bonchev–Trinajstić information content (AvgIpc) is 2.60. The first-order valence-electron chi connectivity index (χ1n) is 8.00. The number of nitrogens with zero attached hydrogens (tertiary/aromatic N) is 1. The molecular weight excluding hydrogens is 316 g/mol. The van der Waals surface area contributed by atoms with Gasteiger partial charge in [-0.2, -0.15) is 0 Å². The van der Waals surface area contributed by atoms with Crippen molar-refractivity contribution in [2.75, 3.05) is 11.1 Å². The number of carbonyl (C=O) groups excluding carboxylic acids is 1. The van der Waals surface area contributed by atoms with Crippen LogP contribution >= 0.6 is 11.8 Å². The van der Waals surface area contributed by atoms with Crippen molar-refractivity contribution in [1.82, 2.24) is 4.98 Å². The molecule has 1 amide bonds. The summed E-state index contributed by atoms with van der Waals surface area (Å²) < 4.78 is 0. The Hall–Kier alpha value is -2.33. The Kier molecular flexibility index (Phi) is 5.16. The lowest BCUT2D eigenvalue weighted by atomic mass is 10.0. The second kappa shape index (κ2) is 7.49. The first-order valence-corrected chi connectivity index (χ1v) is 8.99. The van der Waals surface area contributed by atoms with E-state index in [2.05, 4.69) is 36.3 Å². The second-order valence-electron chi connectivity index (χ2n) is 5.96. The number of anilines is 1. The van der Waals surface area contributed by atoms with Crippen LogP contribution in [0.4, 0.5) is 5.69 Å². The Morgan fingerprint density at radius 1 is 1.04 bits per heavy atom. The maximum absolute atomic E-state index is 12.1. The number of para-hydroxylation sites is 1. The molecule has 0 unspecified atom stereocenters. The van der Waals surface area contributed by atoms with E-state index in [0.717, 1.165) is 21.6 Å². The van der Waals surface area contributed by atoms with Crippen molar-refractivity contribution in [3.63, 3.8) is 0 Å². The highest BCUT2D eigenvalue weighted by atomic mass is 32.2. The van der Waals surface area contributed by atoms with E-state index in [1.165, 1.54) is 17.3 Å². The first kappa shape index (κ1) is 16.5. The van der Waals surface area contributed by atoms with E-state index in [1.807, 2.05) is 48.5 Å². The van der Waals surface area contributed by atoms with Crippen molar-refractivity contribution in [2.24, 2.45) is 0 Å². The predicted octanol–water partition coefficient (Wildman–Crippen LogP) is 5.09. The van der Waals surface area contributed by atoms with Crippen LogP contribution in [0.15, 0.2) is 65.7 Å². The van der Waals surface area contributed by atoms with Gasteiger partial charge >= 0.3 is 0 Å². The Morgan fingerprint density at radius 2 is 1.79 bits per heavy atom. The van der Waals surface area contributed by atoms with Crippen LogP contribution in [0, 0.1) is 0 Å². The van der Waals surface area contributed by atoms with Crippen LogP contribution in [-0.4, -0.2) is 16.6 Å². The van der Waals surface area contributed by atoms with Crippen molar-refractivity contribution in [3.05, 3.63) is 66.2 Å². The standard InChI is InChI=1S/C20H20N2OS/c1-14(2)15-7-10-17(11-8-15)21-19(23)13-24-20-12-9-16-5-3-4-6-18(16)22-20/h3-12,14H,13H2,1-2H3,(H,21,23). The molecule has 0 radical (unpaired) electrons. The van der Waals surface area contributed by atoms with Crippen LogP contribution in [0.3, 0.4) is 0 Å². The number of hydrogen-bond acceptors (Lipinski definition) is 3. The van der Waals surface area contributed by atoms with Gasteiger partial charge in [-0.05, 0) is 35.7 Å². The van der Waals surface area contributed by atoms with E-state index >= 15 is 0 Å². The lowest BCUT2D eigenvalue weighted by molar-refractivity contribution is -0.113. The molecule has 4 heteroatoms. The normalized spacial score (nSPS) is 11.0. The van der Waals surface area contributed by atoms with Gasteiger partial charge in [0.1, 0.15) is 0 Å². The van der Waals surface area contributed by atoms with Crippen molar-refractivity contribution < 1.29 is 4.79 Å². The van der Waals surface area contributed by atoms with Crippen LogP contribution < -0.4 is 5.32 Å².